The number of rotatable bonds is 4. The summed E-state index contributed by atoms with van der Waals surface area (Å²) in [6, 6.07) is 7.09. The van der Waals surface area contributed by atoms with E-state index in [0.29, 0.717) is 42.0 Å². The van der Waals surface area contributed by atoms with Crippen LogP contribution in [0.25, 0.3) is 10.9 Å². The van der Waals surface area contributed by atoms with Crippen LogP contribution in [-0.4, -0.2) is 52.7 Å². The predicted molar refractivity (Wildman–Crippen MR) is 94.4 cm³/mol. The zero-order valence-corrected chi connectivity index (χ0v) is 14.7. The number of H-pyrrole nitrogens is 1. The summed E-state index contributed by atoms with van der Waals surface area (Å²) in [6.45, 7) is 1.08. The van der Waals surface area contributed by atoms with Crippen molar-refractivity contribution in [2.75, 3.05) is 26.0 Å². The van der Waals surface area contributed by atoms with Crippen LogP contribution < -0.4 is 5.56 Å². The van der Waals surface area contributed by atoms with Gasteiger partial charge in [0.15, 0.2) is 5.16 Å². The summed E-state index contributed by atoms with van der Waals surface area (Å²) < 4.78 is 4.75. The number of hydrogen-bond acceptors (Lipinski definition) is 6. The molecule has 2 heterocycles. The Balaban J connectivity index is 1.58. The number of aromatic amines is 1. The molecule has 1 amide bonds. The Labute approximate surface area is 148 Å². The fraction of sp³-hybridized carbons (Fsp3) is 0.412. The zero-order chi connectivity index (χ0) is 17.8. The molecule has 0 bridgehead atoms. The summed E-state index contributed by atoms with van der Waals surface area (Å²) in [5, 5.41) is 0.963. The van der Waals surface area contributed by atoms with Gasteiger partial charge in [-0.3, -0.25) is 14.4 Å². The molecule has 7 nitrogen and oxygen atoms in total. The van der Waals surface area contributed by atoms with Gasteiger partial charge in [0.05, 0.1) is 29.7 Å². The highest BCUT2D eigenvalue weighted by atomic mass is 32.2. The molecule has 1 aromatic carbocycles. The fourth-order valence-corrected chi connectivity index (χ4v) is 3.66. The molecule has 2 aromatic rings. The van der Waals surface area contributed by atoms with Gasteiger partial charge >= 0.3 is 5.97 Å². The first-order chi connectivity index (χ1) is 12.1. The summed E-state index contributed by atoms with van der Waals surface area (Å²) in [5.74, 6) is -0.159. The molecule has 25 heavy (non-hydrogen) atoms. The van der Waals surface area contributed by atoms with Crippen LogP contribution in [0.15, 0.2) is 34.2 Å². The molecule has 1 saturated heterocycles. The van der Waals surface area contributed by atoms with Crippen molar-refractivity contribution in [3.63, 3.8) is 0 Å². The Morgan fingerprint density at radius 2 is 2.04 bits per heavy atom. The Morgan fingerprint density at radius 1 is 1.32 bits per heavy atom. The van der Waals surface area contributed by atoms with Gasteiger partial charge in [-0.15, -0.1) is 0 Å². The van der Waals surface area contributed by atoms with Crippen LogP contribution in [0.3, 0.4) is 0 Å². The van der Waals surface area contributed by atoms with Gasteiger partial charge in [0.2, 0.25) is 5.91 Å². The predicted octanol–water partition coefficient (Wildman–Crippen LogP) is 1.43. The molecule has 0 saturated carbocycles. The van der Waals surface area contributed by atoms with Crippen molar-refractivity contribution in [3.8, 4) is 0 Å². The van der Waals surface area contributed by atoms with Gasteiger partial charge in [-0.1, -0.05) is 23.9 Å². The largest absolute Gasteiger partial charge is 0.469 e. The number of carbonyl (C=O) groups excluding carboxylic acids is 2. The number of carbonyl (C=O) groups is 2. The van der Waals surface area contributed by atoms with Crippen LogP contribution in [0.4, 0.5) is 0 Å². The molecule has 0 spiro atoms. The third kappa shape index (κ3) is 4.01. The van der Waals surface area contributed by atoms with Crippen LogP contribution in [0.1, 0.15) is 12.8 Å². The third-order valence-corrected chi connectivity index (χ3v) is 5.16. The lowest BCUT2D eigenvalue weighted by Crippen LogP contribution is -2.41. The van der Waals surface area contributed by atoms with Crippen LogP contribution in [0, 0.1) is 5.92 Å². The van der Waals surface area contributed by atoms with Gasteiger partial charge in [0, 0.05) is 13.1 Å². The molecule has 0 radical (unpaired) electrons. The second kappa shape index (κ2) is 7.69. The van der Waals surface area contributed by atoms with E-state index in [1.165, 1.54) is 18.9 Å². The van der Waals surface area contributed by atoms with Crippen molar-refractivity contribution >= 4 is 34.5 Å². The minimum Gasteiger partial charge on any atom is -0.469 e. The number of thioether (sulfide) groups is 1. The first kappa shape index (κ1) is 17.5. The SMILES string of the molecule is COC(=O)C1CCN(C(=O)CSc2nc3ccccc3c(=O)[nH]2)CC1. The molecule has 0 atom stereocenters. The highest BCUT2D eigenvalue weighted by Gasteiger charge is 2.27. The standard InChI is InChI=1S/C17H19N3O4S/c1-24-16(23)11-6-8-20(9-7-11)14(21)10-25-17-18-13-5-3-2-4-12(13)15(22)19-17/h2-5,11H,6-10H2,1H3,(H,18,19,22). The van der Waals surface area contributed by atoms with E-state index in [1.807, 2.05) is 6.07 Å². The molecule has 0 aliphatic carbocycles. The number of likely N-dealkylation sites (tertiary alicyclic amines) is 1. The number of hydrogen-bond donors (Lipinski definition) is 1. The highest BCUT2D eigenvalue weighted by Crippen LogP contribution is 2.20. The van der Waals surface area contributed by atoms with E-state index in [2.05, 4.69) is 9.97 Å². The highest BCUT2D eigenvalue weighted by molar-refractivity contribution is 7.99. The molecule has 3 rings (SSSR count). The lowest BCUT2D eigenvalue weighted by atomic mass is 9.97. The fourth-order valence-electron chi connectivity index (χ4n) is 2.89. The molecular weight excluding hydrogens is 342 g/mol. The number of methoxy groups -OCH3 is 1. The average molecular weight is 361 g/mol. The van der Waals surface area contributed by atoms with Gasteiger partial charge < -0.3 is 14.6 Å². The number of para-hydroxylation sites is 1. The summed E-state index contributed by atoms with van der Waals surface area (Å²) in [6.07, 6.45) is 1.24. The van der Waals surface area contributed by atoms with Crippen LogP contribution in [0.5, 0.6) is 0 Å². The van der Waals surface area contributed by atoms with Gasteiger partial charge in [0.25, 0.3) is 5.56 Å². The molecule has 1 aliphatic heterocycles. The van der Waals surface area contributed by atoms with Crippen molar-refractivity contribution in [2.24, 2.45) is 5.92 Å². The van der Waals surface area contributed by atoms with E-state index in [-0.39, 0.29) is 29.1 Å². The topological polar surface area (TPSA) is 92.4 Å². The van der Waals surface area contributed by atoms with Crippen LogP contribution >= 0.6 is 11.8 Å². The number of ether oxygens (including phenoxy) is 1. The number of nitrogens with zero attached hydrogens (tertiary/aromatic N) is 2. The quantitative estimate of drug-likeness (QED) is 0.503. The van der Waals surface area contributed by atoms with Crippen molar-refractivity contribution in [3.05, 3.63) is 34.6 Å². The van der Waals surface area contributed by atoms with E-state index in [0.717, 1.165) is 0 Å². The first-order valence-corrected chi connectivity index (χ1v) is 9.04. The second-order valence-corrected chi connectivity index (χ2v) is 6.82. The van der Waals surface area contributed by atoms with Gasteiger partial charge in [0.1, 0.15) is 0 Å². The lowest BCUT2D eigenvalue weighted by molar-refractivity contribution is -0.148. The summed E-state index contributed by atoms with van der Waals surface area (Å²) in [5.41, 5.74) is 0.402. The maximum atomic E-state index is 12.3. The number of amides is 1. The number of fused-ring (bicyclic) bond motifs is 1. The summed E-state index contributed by atoms with van der Waals surface area (Å²) >= 11 is 1.21. The van der Waals surface area contributed by atoms with Gasteiger partial charge in [-0.05, 0) is 25.0 Å². The number of aromatic nitrogens is 2. The van der Waals surface area contributed by atoms with Crippen molar-refractivity contribution in [1.82, 2.24) is 14.9 Å². The number of piperidine rings is 1. The molecule has 1 fully saturated rings. The Morgan fingerprint density at radius 3 is 2.76 bits per heavy atom. The molecular formula is C17H19N3O4S. The number of nitrogens with one attached hydrogen (secondary N) is 1. The van der Waals surface area contributed by atoms with Gasteiger partial charge in [-0.2, -0.15) is 0 Å². The second-order valence-electron chi connectivity index (χ2n) is 5.86. The number of benzene rings is 1. The summed E-state index contributed by atoms with van der Waals surface area (Å²) in [4.78, 5) is 44.7. The van der Waals surface area contributed by atoms with E-state index < -0.39 is 0 Å². The monoisotopic (exact) mass is 361 g/mol. The minimum absolute atomic E-state index is 0.0240. The van der Waals surface area contributed by atoms with E-state index in [1.54, 1.807) is 23.1 Å². The van der Waals surface area contributed by atoms with Crippen molar-refractivity contribution in [1.29, 1.82) is 0 Å². The number of esters is 1. The minimum atomic E-state index is -0.209. The maximum Gasteiger partial charge on any atom is 0.308 e. The zero-order valence-electron chi connectivity index (χ0n) is 13.9. The normalized spacial score (nSPS) is 15.3. The van der Waals surface area contributed by atoms with Crippen LogP contribution in [0.2, 0.25) is 0 Å². The summed E-state index contributed by atoms with van der Waals surface area (Å²) in [7, 11) is 1.38. The maximum absolute atomic E-state index is 12.3. The Bertz CT molecular complexity index is 843. The first-order valence-electron chi connectivity index (χ1n) is 8.06. The molecule has 8 heteroatoms. The van der Waals surface area contributed by atoms with Crippen molar-refractivity contribution in [2.45, 2.75) is 18.0 Å². The average Bonchev–Trinajstić information content (AvgIpc) is 2.65. The van der Waals surface area contributed by atoms with E-state index in [9.17, 15) is 14.4 Å². The van der Waals surface area contributed by atoms with Crippen molar-refractivity contribution < 1.29 is 14.3 Å². The van der Waals surface area contributed by atoms with Crippen LogP contribution in [-0.2, 0) is 14.3 Å². The molecule has 1 aromatic heterocycles. The van der Waals surface area contributed by atoms with E-state index in [4.69, 9.17) is 4.74 Å². The third-order valence-electron chi connectivity index (χ3n) is 4.31. The van der Waals surface area contributed by atoms with Gasteiger partial charge in [-0.25, -0.2) is 4.98 Å². The Kier molecular flexibility index (Phi) is 5.37. The lowest BCUT2D eigenvalue weighted by Gasteiger charge is -2.30. The molecule has 1 N–H and O–H groups in total. The Hall–Kier alpha value is -2.35. The van der Waals surface area contributed by atoms with E-state index >= 15 is 0 Å². The molecule has 0 unspecified atom stereocenters. The smallest absolute Gasteiger partial charge is 0.308 e. The molecule has 1 aliphatic rings. The molecule has 132 valence electrons.